The molecule has 0 fully saturated rings. The molecule has 0 aliphatic rings. The van der Waals surface area contributed by atoms with E-state index < -0.39 is 0 Å². The predicted molar refractivity (Wildman–Crippen MR) is 83.0 cm³/mol. The van der Waals surface area contributed by atoms with Crippen LogP contribution in [0.4, 0.5) is 0 Å². The Morgan fingerprint density at radius 3 is 2.65 bits per heavy atom. The lowest BCUT2D eigenvalue weighted by Gasteiger charge is -2.16. The zero-order valence-electron chi connectivity index (χ0n) is 12.0. The van der Waals surface area contributed by atoms with Gasteiger partial charge in [0.25, 0.3) is 0 Å². The van der Waals surface area contributed by atoms with Crippen LogP contribution in [0.5, 0.6) is 0 Å². The highest BCUT2D eigenvalue weighted by molar-refractivity contribution is 7.09. The molecule has 2 aromatic rings. The molecule has 1 aromatic carbocycles. The lowest BCUT2D eigenvalue weighted by Crippen LogP contribution is -2.29. The van der Waals surface area contributed by atoms with E-state index in [0.29, 0.717) is 6.42 Å². The first-order chi connectivity index (χ1) is 9.65. The van der Waals surface area contributed by atoms with E-state index in [1.165, 1.54) is 11.1 Å². The normalized spacial score (nSPS) is 10.5. The Balaban J connectivity index is 1.74. The van der Waals surface area contributed by atoms with Crippen LogP contribution < -0.4 is 0 Å². The molecule has 0 radical (unpaired) electrons. The molecule has 1 aromatic heterocycles. The molecule has 0 saturated heterocycles. The van der Waals surface area contributed by atoms with Gasteiger partial charge in [-0.1, -0.05) is 29.8 Å². The first-order valence-corrected chi connectivity index (χ1v) is 7.71. The van der Waals surface area contributed by atoms with Gasteiger partial charge in [-0.2, -0.15) is 0 Å². The summed E-state index contributed by atoms with van der Waals surface area (Å²) in [5.74, 6) is 0.196. The van der Waals surface area contributed by atoms with Crippen LogP contribution in [0.1, 0.15) is 22.6 Å². The molecule has 1 heterocycles. The summed E-state index contributed by atoms with van der Waals surface area (Å²) < 4.78 is 0. The van der Waals surface area contributed by atoms with Crippen LogP contribution in [-0.4, -0.2) is 29.4 Å². The Bertz CT molecular complexity index is 534. The summed E-state index contributed by atoms with van der Waals surface area (Å²) in [4.78, 5) is 18.1. The summed E-state index contributed by atoms with van der Waals surface area (Å²) in [6.07, 6.45) is 4.02. The Labute approximate surface area is 124 Å². The van der Waals surface area contributed by atoms with Gasteiger partial charge in [0.1, 0.15) is 0 Å². The van der Waals surface area contributed by atoms with Gasteiger partial charge < -0.3 is 4.90 Å². The van der Waals surface area contributed by atoms with Gasteiger partial charge in [-0.3, -0.25) is 4.79 Å². The molecule has 0 aliphatic heterocycles. The average molecular weight is 288 g/mol. The third kappa shape index (κ3) is 4.46. The van der Waals surface area contributed by atoms with Crippen molar-refractivity contribution in [2.24, 2.45) is 0 Å². The van der Waals surface area contributed by atoms with E-state index in [1.54, 1.807) is 22.4 Å². The molecule has 0 saturated carbocycles. The molecule has 20 heavy (non-hydrogen) atoms. The van der Waals surface area contributed by atoms with Crippen LogP contribution in [0.15, 0.2) is 35.8 Å². The second-order valence-corrected chi connectivity index (χ2v) is 5.96. The van der Waals surface area contributed by atoms with Gasteiger partial charge in [0.15, 0.2) is 0 Å². The molecule has 106 valence electrons. The molecule has 0 bridgehead atoms. The van der Waals surface area contributed by atoms with Crippen molar-refractivity contribution in [3.05, 3.63) is 52.0 Å². The molecule has 0 N–H and O–H groups in total. The fraction of sp³-hybridized carbons (Fsp3) is 0.375. The quantitative estimate of drug-likeness (QED) is 0.818. The van der Waals surface area contributed by atoms with Crippen molar-refractivity contribution in [3.63, 3.8) is 0 Å². The van der Waals surface area contributed by atoms with Gasteiger partial charge in [0.05, 0.1) is 5.01 Å². The van der Waals surface area contributed by atoms with E-state index in [4.69, 9.17) is 0 Å². The van der Waals surface area contributed by atoms with E-state index in [9.17, 15) is 4.79 Å². The molecule has 0 aliphatic carbocycles. The number of benzene rings is 1. The van der Waals surface area contributed by atoms with Crippen molar-refractivity contribution in [2.45, 2.75) is 26.2 Å². The molecule has 2 rings (SSSR count). The highest BCUT2D eigenvalue weighted by Crippen LogP contribution is 2.08. The topological polar surface area (TPSA) is 33.2 Å². The summed E-state index contributed by atoms with van der Waals surface area (Å²) in [5, 5.41) is 3.05. The second-order valence-electron chi connectivity index (χ2n) is 4.98. The van der Waals surface area contributed by atoms with E-state index in [2.05, 4.69) is 36.2 Å². The number of amides is 1. The van der Waals surface area contributed by atoms with Crippen LogP contribution >= 0.6 is 11.3 Å². The minimum atomic E-state index is 0.196. The van der Waals surface area contributed by atoms with E-state index in [-0.39, 0.29) is 5.91 Å². The third-order valence-corrected chi connectivity index (χ3v) is 4.16. The van der Waals surface area contributed by atoms with E-state index in [1.807, 2.05) is 12.4 Å². The van der Waals surface area contributed by atoms with Crippen LogP contribution in [0.25, 0.3) is 0 Å². The first kappa shape index (κ1) is 14.7. The van der Waals surface area contributed by atoms with E-state index >= 15 is 0 Å². The zero-order chi connectivity index (χ0) is 14.4. The van der Waals surface area contributed by atoms with Crippen molar-refractivity contribution >= 4 is 17.2 Å². The lowest BCUT2D eigenvalue weighted by atomic mass is 10.1. The number of aromatic nitrogens is 1. The molecular weight excluding hydrogens is 268 g/mol. The summed E-state index contributed by atoms with van der Waals surface area (Å²) in [6, 6.07) is 8.37. The van der Waals surface area contributed by atoms with Gasteiger partial charge in [0, 0.05) is 38.0 Å². The molecule has 4 heteroatoms. The van der Waals surface area contributed by atoms with Gasteiger partial charge >= 0.3 is 0 Å². The van der Waals surface area contributed by atoms with Crippen LogP contribution in [-0.2, 0) is 17.6 Å². The Morgan fingerprint density at radius 1 is 1.25 bits per heavy atom. The smallest absolute Gasteiger partial charge is 0.222 e. The van der Waals surface area contributed by atoms with E-state index in [0.717, 1.165) is 24.4 Å². The fourth-order valence-corrected chi connectivity index (χ4v) is 2.57. The largest absolute Gasteiger partial charge is 0.345 e. The monoisotopic (exact) mass is 288 g/mol. The number of nitrogens with zero attached hydrogens (tertiary/aromatic N) is 2. The van der Waals surface area contributed by atoms with Crippen molar-refractivity contribution in [2.75, 3.05) is 13.6 Å². The number of likely N-dealkylation sites (N-methyl/N-ethyl adjacent to an activating group) is 1. The Kier molecular flexibility index (Phi) is 5.30. The van der Waals surface area contributed by atoms with Gasteiger partial charge in [-0.05, 0) is 18.9 Å². The maximum Gasteiger partial charge on any atom is 0.222 e. The van der Waals surface area contributed by atoms with Gasteiger partial charge in [-0.15, -0.1) is 11.3 Å². The highest BCUT2D eigenvalue weighted by atomic mass is 32.1. The minimum Gasteiger partial charge on any atom is -0.345 e. The number of aryl methyl sites for hydroxylation is 2. The Hall–Kier alpha value is -1.68. The molecule has 0 spiro atoms. The Morgan fingerprint density at radius 2 is 2.00 bits per heavy atom. The zero-order valence-corrected chi connectivity index (χ0v) is 12.8. The summed E-state index contributed by atoms with van der Waals surface area (Å²) >= 11 is 1.64. The van der Waals surface area contributed by atoms with Crippen molar-refractivity contribution < 1.29 is 4.79 Å². The maximum atomic E-state index is 12.1. The molecule has 0 unspecified atom stereocenters. The van der Waals surface area contributed by atoms with Crippen LogP contribution in [0.3, 0.4) is 0 Å². The van der Waals surface area contributed by atoms with Gasteiger partial charge in [0.2, 0.25) is 5.91 Å². The summed E-state index contributed by atoms with van der Waals surface area (Å²) in [6.45, 7) is 2.81. The summed E-state index contributed by atoms with van der Waals surface area (Å²) in [7, 11) is 1.87. The number of rotatable bonds is 6. The van der Waals surface area contributed by atoms with Crippen molar-refractivity contribution in [1.82, 2.24) is 9.88 Å². The first-order valence-electron chi connectivity index (χ1n) is 6.83. The fourth-order valence-electron chi connectivity index (χ4n) is 1.96. The highest BCUT2D eigenvalue weighted by Gasteiger charge is 2.09. The number of hydrogen-bond donors (Lipinski definition) is 0. The number of carbonyl (C=O) groups excluding carboxylic acids is 1. The third-order valence-electron chi connectivity index (χ3n) is 3.32. The second kappa shape index (κ2) is 7.20. The van der Waals surface area contributed by atoms with Crippen LogP contribution in [0, 0.1) is 6.92 Å². The standard InChI is InChI=1S/C16H20N2OS/c1-13-3-5-14(6-4-13)7-8-16(19)18(2)11-9-15-17-10-12-20-15/h3-6,10,12H,7-9,11H2,1-2H3. The molecule has 1 amide bonds. The number of carbonyl (C=O) groups is 1. The van der Waals surface area contributed by atoms with Crippen molar-refractivity contribution in [1.29, 1.82) is 0 Å². The minimum absolute atomic E-state index is 0.196. The SMILES string of the molecule is Cc1ccc(CCC(=O)N(C)CCc2nccs2)cc1. The maximum absolute atomic E-state index is 12.1. The lowest BCUT2D eigenvalue weighted by molar-refractivity contribution is -0.129. The molecule has 0 atom stereocenters. The number of hydrogen-bond acceptors (Lipinski definition) is 3. The average Bonchev–Trinajstić information content (AvgIpc) is 2.97. The van der Waals surface area contributed by atoms with Gasteiger partial charge in [-0.25, -0.2) is 4.98 Å². The number of thiazole rings is 1. The molecule has 3 nitrogen and oxygen atoms in total. The summed E-state index contributed by atoms with van der Waals surface area (Å²) in [5.41, 5.74) is 2.47. The predicted octanol–water partition coefficient (Wildman–Crippen LogP) is 3.09. The molecular formula is C16H20N2OS. The van der Waals surface area contributed by atoms with Crippen molar-refractivity contribution in [3.8, 4) is 0 Å². The van der Waals surface area contributed by atoms with Crippen LogP contribution in [0.2, 0.25) is 0 Å².